The number of anilines is 2. The Labute approximate surface area is 197 Å². The Morgan fingerprint density at radius 2 is 1.91 bits per heavy atom. The number of amides is 1. The standard InChI is InChI=1S/C23H15Cl2FN6O/c24-15-8-6-13(7-9-15)18-11-19(20-16(25)4-1-5-17(20)26)32-23(28-18)30-22(31-32)29-21(33)14-3-2-10-27-12-14/h1-12,19H,(H2,28,29,30,31,33)/t19-/m0/s1. The summed E-state index contributed by atoms with van der Waals surface area (Å²) in [5.74, 6) is -0.538. The number of hydrogen-bond donors (Lipinski definition) is 2. The van der Waals surface area contributed by atoms with Crippen molar-refractivity contribution in [3.05, 3.63) is 106 Å². The van der Waals surface area contributed by atoms with Crippen LogP contribution in [0.15, 0.2) is 73.1 Å². The van der Waals surface area contributed by atoms with E-state index in [9.17, 15) is 9.18 Å². The lowest BCUT2D eigenvalue weighted by Crippen LogP contribution is -2.21. The molecule has 0 saturated heterocycles. The SMILES string of the molecule is O=C(Nc1nc2n(n1)[C@H](c1c(F)cccc1Cl)C=C(c1ccc(Cl)cc1)N2)c1cccnc1. The largest absolute Gasteiger partial charge is 0.324 e. The van der Waals surface area contributed by atoms with Gasteiger partial charge in [-0.15, -0.1) is 5.10 Å². The van der Waals surface area contributed by atoms with Crippen molar-refractivity contribution in [1.29, 1.82) is 0 Å². The van der Waals surface area contributed by atoms with E-state index in [4.69, 9.17) is 23.2 Å². The molecule has 2 N–H and O–H groups in total. The molecule has 4 aromatic rings. The Morgan fingerprint density at radius 1 is 1.09 bits per heavy atom. The van der Waals surface area contributed by atoms with E-state index in [1.165, 1.54) is 23.0 Å². The molecule has 0 bridgehead atoms. The highest BCUT2D eigenvalue weighted by molar-refractivity contribution is 6.31. The zero-order valence-electron chi connectivity index (χ0n) is 16.8. The number of allylic oxidation sites excluding steroid dienone is 1. The highest BCUT2D eigenvalue weighted by atomic mass is 35.5. The highest BCUT2D eigenvalue weighted by Gasteiger charge is 2.29. The van der Waals surface area contributed by atoms with Crippen LogP contribution < -0.4 is 10.6 Å². The lowest BCUT2D eigenvalue weighted by Gasteiger charge is -2.25. The van der Waals surface area contributed by atoms with Crippen molar-refractivity contribution in [2.24, 2.45) is 0 Å². The second-order valence-corrected chi connectivity index (χ2v) is 8.04. The third-order valence-corrected chi connectivity index (χ3v) is 5.65. The van der Waals surface area contributed by atoms with Gasteiger partial charge in [0.2, 0.25) is 5.95 Å². The molecule has 2 aromatic carbocycles. The molecule has 1 aliphatic heterocycles. The average molecular weight is 481 g/mol. The number of carbonyl (C=O) groups is 1. The molecule has 164 valence electrons. The van der Waals surface area contributed by atoms with Gasteiger partial charge >= 0.3 is 0 Å². The molecule has 0 fully saturated rings. The summed E-state index contributed by atoms with van der Waals surface area (Å²) in [5, 5.41) is 11.1. The van der Waals surface area contributed by atoms with Crippen LogP contribution in [0.1, 0.15) is 27.5 Å². The van der Waals surface area contributed by atoms with Crippen LogP contribution in [0.25, 0.3) is 5.70 Å². The molecule has 2 aromatic heterocycles. The summed E-state index contributed by atoms with van der Waals surface area (Å²) in [4.78, 5) is 20.9. The minimum Gasteiger partial charge on any atom is -0.324 e. The monoisotopic (exact) mass is 480 g/mol. The number of nitrogens with one attached hydrogen (secondary N) is 2. The van der Waals surface area contributed by atoms with E-state index in [2.05, 4.69) is 25.7 Å². The normalized spacial score (nSPS) is 14.8. The summed E-state index contributed by atoms with van der Waals surface area (Å²) in [6, 6.07) is 14.2. The van der Waals surface area contributed by atoms with Gasteiger partial charge in [-0.1, -0.05) is 41.4 Å². The average Bonchev–Trinajstić information content (AvgIpc) is 3.22. The quantitative estimate of drug-likeness (QED) is 0.406. The maximum absolute atomic E-state index is 14.9. The molecule has 1 aliphatic rings. The van der Waals surface area contributed by atoms with E-state index in [-0.39, 0.29) is 16.5 Å². The summed E-state index contributed by atoms with van der Waals surface area (Å²) >= 11 is 12.4. The lowest BCUT2D eigenvalue weighted by molar-refractivity contribution is 0.102. The number of rotatable bonds is 4. The van der Waals surface area contributed by atoms with Gasteiger partial charge in [-0.2, -0.15) is 4.98 Å². The van der Waals surface area contributed by atoms with E-state index < -0.39 is 17.8 Å². The van der Waals surface area contributed by atoms with Gasteiger partial charge in [0, 0.05) is 33.7 Å². The first-order valence-electron chi connectivity index (χ1n) is 9.86. The number of fused-ring (bicyclic) bond motifs is 1. The predicted molar refractivity (Wildman–Crippen MR) is 125 cm³/mol. The lowest BCUT2D eigenvalue weighted by atomic mass is 10.0. The second-order valence-electron chi connectivity index (χ2n) is 7.19. The van der Waals surface area contributed by atoms with Crippen molar-refractivity contribution in [2.45, 2.75) is 6.04 Å². The van der Waals surface area contributed by atoms with Crippen LogP contribution in [0.3, 0.4) is 0 Å². The van der Waals surface area contributed by atoms with Crippen LogP contribution in [-0.4, -0.2) is 25.7 Å². The molecule has 33 heavy (non-hydrogen) atoms. The zero-order chi connectivity index (χ0) is 22.9. The number of aromatic nitrogens is 4. The summed E-state index contributed by atoms with van der Waals surface area (Å²) in [6.45, 7) is 0. The maximum atomic E-state index is 14.9. The minimum absolute atomic E-state index is 0.0505. The number of pyridine rings is 1. The molecule has 7 nitrogen and oxygen atoms in total. The molecule has 0 aliphatic carbocycles. The van der Waals surface area contributed by atoms with Crippen molar-refractivity contribution in [3.63, 3.8) is 0 Å². The maximum Gasteiger partial charge on any atom is 0.259 e. The third-order valence-electron chi connectivity index (χ3n) is 5.07. The van der Waals surface area contributed by atoms with Crippen LogP contribution in [-0.2, 0) is 0 Å². The molecule has 0 spiro atoms. The van der Waals surface area contributed by atoms with E-state index >= 15 is 0 Å². The molecular weight excluding hydrogens is 466 g/mol. The third kappa shape index (κ3) is 4.18. The molecule has 1 amide bonds. The number of hydrogen-bond acceptors (Lipinski definition) is 5. The fraction of sp³-hybridized carbons (Fsp3) is 0.0435. The van der Waals surface area contributed by atoms with Crippen molar-refractivity contribution in [2.75, 3.05) is 10.6 Å². The molecule has 10 heteroatoms. The summed E-state index contributed by atoms with van der Waals surface area (Å²) < 4.78 is 16.3. The molecule has 0 radical (unpaired) electrons. The van der Waals surface area contributed by atoms with Gasteiger partial charge in [0.15, 0.2) is 0 Å². The molecule has 0 saturated carbocycles. The van der Waals surface area contributed by atoms with Crippen molar-refractivity contribution in [3.8, 4) is 0 Å². The summed E-state index contributed by atoms with van der Waals surface area (Å²) in [6.07, 6.45) is 4.80. The Hall–Kier alpha value is -3.75. The first-order chi connectivity index (χ1) is 16.0. The first kappa shape index (κ1) is 21.1. The molecule has 3 heterocycles. The topological polar surface area (TPSA) is 84.7 Å². The van der Waals surface area contributed by atoms with E-state index in [0.29, 0.717) is 22.2 Å². The summed E-state index contributed by atoms with van der Waals surface area (Å²) in [7, 11) is 0. The van der Waals surface area contributed by atoms with E-state index in [1.54, 1.807) is 42.6 Å². The predicted octanol–water partition coefficient (Wildman–Crippen LogP) is 5.43. The van der Waals surface area contributed by atoms with Crippen molar-refractivity contribution in [1.82, 2.24) is 19.7 Å². The van der Waals surface area contributed by atoms with Crippen LogP contribution in [0.4, 0.5) is 16.3 Å². The van der Waals surface area contributed by atoms with Gasteiger partial charge < -0.3 is 5.32 Å². The van der Waals surface area contributed by atoms with Gasteiger partial charge in [0.05, 0.1) is 5.56 Å². The van der Waals surface area contributed by atoms with Gasteiger partial charge in [0.1, 0.15) is 11.9 Å². The Balaban J connectivity index is 1.56. The van der Waals surface area contributed by atoms with E-state index in [0.717, 1.165) is 5.56 Å². The van der Waals surface area contributed by atoms with Crippen molar-refractivity contribution >= 4 is 46.7 Å². The van der Waals surface area contributed by atoms with Crippen molar-refractivity contribution < 1.29 is 9.18 Å². The highest BCUT2D eigenvalue weighted by Crippen LogP contribution is 2.37. The Bertz CT molecular complexity index is 1350. The first-order valence-corrected chi connectivity index (χ1v) is 10.6. The van der Waals surface area contributed by atoms with E-state index in [1.807, 2.05) is 12.1 Å². The smallest absolute Gasteiger partial charge is 0.259 e. The number of carbonyl (C=O) groups excluding carboxylic acids is 1. The molecular formula is C23H15Cl2FN6O. The van der Waals surface area contributed by atoms with Gasteiger partial charge in [0.25, 0.3) is 11.9 Å². The number of nitrogens with zero attached hydrogens (tertiary/aromatic N) is 4. The Kier molecular flexibility index (Phi) is 5.53. The zero-order valence-corrected chi connectivity index (χ0v) is 18.3. The van der Waals surface area contributed by atoms with Crippen LogP contribution >= 0.6 is 23.2 Å². The van der Waals surface area contributed by atoms with Gasteiger partial charge in [-0.05, 0) is 48.0 Å². The minimum atomic E-state index is -0.711. The second kappa shape index (κ2) is 8.65. The molecule has 1 atom stereocenters. The number of halogens is 3. The number of benzene rings is 2. The Morgan fingerprint density at radius 3 is 2.64 bits per heavy atom. The molecule has 0 unspecified atom stereocenters. The fourth-order valence-electron chi connectivity index (χ4n) is 3.51. The van der Waals surface area contributed by atoms with Crippen LogP contribution in [0.2, 0.25) is 10.0 Å². The summed E-state index contributed by atoms with van der Waals surface area (Å²) in [5.41, 5.74) is 2.07. The van der Waals surface area contributed by atoms with Gasteiger partial charge in [-0.25, -0.2) is 9.07 Å². The van der Waals surface area contributed by atoms with Gasteiger partial charge in [-0.3, -0.25) is 15.1 Å². The van der Waals surface area contributed by atoms with Crippen LogP contribution in [0, 0.1) is 5.82 Å². The molecule has 5 rings (SSSR count). The fourth-order valence-corrected chi connectivity index (χ4v) is 3.91. The van der Waals surface area contributed by atoms with Crippen LogP contribution in [0.5, 0.6) is 0 Å².